The van der Waals surface area contributed by atoms with E-state index in [1.54, 1.807) is 0 Å². The standard InChI is InChI=1S/C49H57N5O5/c50-23-9-8-16-41(47(51)57)31-45(55)43(29-33-10-2-1-3-11-33)54-49(59)42(28-34-17-19-36-12-4-6-14-39(36)26-34)32-46(56)44(53-48(58)38-21-24-52-25-22-38)30-35-18-20-37-13-5-7-15-40(37)27-35/h1-7,10-15,17-20,26-27,38,41-44,52H,8-9,16,21-25,28-32,50H2,(H2,51,57)(H,53,58)(H,54,59)/t41-,42+,43+,44-/m1/s1. The Kier molecular flexibility index (Phi) is 15.5. The van der Waals surface area contributed by atoms with Gasteiger partial charge < -0.3 is 27.4 Å². The van der Waals surface area contributed by atoms with Crippen LogP contribution in [0.1, 0.15) is 61.6 Å². The Morgan fingerprint density at radius 3 is 1.71 bits per heavy atom. The van der Waals surface area contributed by atoms with Gasteiger partial charge >= 0.3 is 0 Å². The van der Waals surface area contributed by atoms with E-state index < -0.39 is 35.7 Å². The Bertz CT molecular complexity index is 2220. The molecule has 0 radical (unpaired) electrons. The Balaban J connectivity index is 1.29. The van der Waals surface area contributed by atoms with Crippen molar-refractivity contribution >= 4 is 50.8 Å². The number of rotatable bonds is 21. The summed E-state index contributed by atoms with van der Waals surface area (Å²) in [5.74, 6) is -3.54. The molecule has 0 aromatic heterocycles. The van der Waals surface area contributed by atoms with E-state index in [4.69, 9.17) is 11.5 Å². The number of primary amides is 1. The van der Waals surface area contributed by atoms with Gasteiger partial charge in [0.25, 0.3) is 0 Å². The first-order chi connectivity index (χ1) is 28.7. The van der Waals surface area contributed by atoms with Crippen LogP contribution in [-0.4, -0.2) is 61.0 Å². The molecule has 3 amide bonds. The van der Waals surface area contributed by atoms with Gasteiger partial charge in [0.05, 0.1) is 12.1 Å². The number of piperidine rings is 1. The monoisotopic (exact) mass is 795 g/mol. The zero-order valence-electron chi connectivity index (χ0n) is 33.7. The molecule has 0 aliphatic carbocycles. The molecular formula is C49H57N5O5. The first-order valence-electron chi connectivity index (χ1n) is 21.0. The summed E-state index contributed by atoms with van der Waals surface area (Å²) in [6.07, 6.45) is 3.53. The van der Waals surface area contributed by atoms with Gasteiger partial charge in [-0.15, -0.1) is 0 Å². The summed E-state index contributed by atoms with van der Waals surface area (Å²) in [6, 6.07) is 35.5. The molecule has 1 aliphatic rings. The number of hydrogen-bond donors (Lipinski definition) is 5. The van der Waals surface area contributed by atoms with Crippen molar-refractivity contribution in [2.24, 2.45) is 29.2 Å². The predicted octanol–water partition coefficient (Wildman–Crippen LogP) is 5.76. The second kappa shape index (κ2) is 21.3. The van der Waals surface area contributed by atoms with Crippen LogP contribution >= 0.6 is 0 Å². The van der Waals surface area contributed by atoms with Crippen molar-refractivity contribution in [3.63, 3.8) is 0 Å². The van der Waals surface area contributed by atoms with Gasteiger partial charge in [0.1, 0.15) is 0 Å². The molecule has 0 spiro atoms. The highest BCUT2D eigenvalue weighted by molar-refractivity contribution is 5.96. The Labute approximate surface area is 346 Å². The Hall–Kier alpha value is -5.71. The normalized spacial score (nSPS) is 15.2. The van der Waals surface area contributed by atoms with E-state index in [1.807, 2.05) is 115 Å². The smallest absolute Gasteiger partial charge is 0.224 e. The SMILES string of the molecule is NCCCC[C@H](CC(=O)[C@H](Cc1ccccc1)NC(=O)[C@H](CC(=O)[C@@H](Cc1ccc2ccccc2c1)NC(=O)C1CCNCC1)Cc1ccc2ccccc2c1)C(N)=O. The van der Waals surface area contributed by atoms with Crippen molar-refractivity contribution in [3.8, 4) is 0 Å². The molecule has 5 aromatic carbocycles. The molecule has 0 bridgehead atoms. The van der Waals surface area contributed by atoms with Gasteiger partial charge in [-0.1, -0.05) is 122 Å². The van der Waals surface area contributed by atoms with E-state index in [0.717, 1.165) is 51.3 Å². The third kappa shape index (κ3) is 12.4. The highest BCUT2D eigenvalue weighted by Crippen LogP contribution is 2.24. The largest absolute Gasteiger partial charge is 0.369 e. The summed E-state index contributed by atoms with van der Waals surface area (Å²) in [5, 5.41) is 13.6. The lowest BCUT2D eigenvalue weighted by molar-refractivity contribution is -0.134. The number of hydrogen-bond acceptors (Lipinski definition) is 7. The van der Waals surface area contributed by atoms with E-state index in [0.29, 0.717) is 38.6 Å². The van der Waals surface area contributed by atoms with Crippen LogP contribution in [0.5, 0.6) is 0 Å². The van der Waals surface area contributed by atoms with Gasteiger partial charge in [-0.2, -0.15) is 0 Å². The minimum absolute atomic E-state index is 0.123. The molecule has 1 aliphatic heterocycles. The highest BCUT2D eigenvalue weighted by Gasteiger charge is 2.33. The Morgan fingerprint density at radius 2 is 1.12 bits per heavy atom. The third-order valence-electron chi connectivity index (χ3n) is 11.6. The summed E-state index contributed by atoms with van der Waals surface area (Å²) in [5.41, 5.74) is 14.0. The number of amides is 3. The number of nitrogens with one attached hydrogen (secondary N) is 3. The van der Waals surface area contributed by atoms with E-state index in [-0.39, 0.29) is 55.5 Å². The molecule has 0 unspecified atom stereocenters. The highest BCUT2D eigenvalue weighted by atomic mass is 16.2. The van der Waals surface area contributed by atoms with Crippen molar-refractivity contribution in [1.29, 1.82) is 0 Å². The minimum Gasteiger partial charge on any atom is -0.369 e. The molecule has 0 saturated carbocycles. The van der Waals surface area contributed by atoms with Crippen molar-refractivity contribution in [1.82, 2.24) is 16.0 Å². The molecule has 1 saturated heterocycles. The number of ketones is 2. The maximum atomic E-state index is 14.7. The van der Waals surface area contributed by atoms with Crippen LogP contribution in [0, 0.1) is 17.8 Å². The lowest BCUT2D eigenvalue weighted by Gasteiger charge is -2.27. The summed E-state index contributed by atoms with van der Waals surface area (Å²) >= 11 is 0. The first kappa shape index (κ1) is 42.9. The van der Waals surface area contributed by atoms with Crippen molar-refractivity contribution in [2.45, 2.75) is 76.3 Å². The topological polar surface area (TPSA) is 173 Å². The number of nitrogens with two attached hydrogens (primary N) is 2. The number of carbonyl (C=O) groups excluding carboxylic acids is 5. The number of fused-ring (bicyclic) bond motifs is 2. The van der Waals surface area contributed by atoms with Crippen LogP contribution in [0.25, 0.3) is 21.5 Å². The van der Waals surface area contributed by atoms with Crippen molar-refractivity contribution in [2.75, 3.05) is 19.6 Å². The van der Waals surface area contributed by atoms with Gasteiger partial charge in [0.15, 0.2) is 11.6 Å². The fraction of sp³-hybridized carbons (Fsp3) is 0.367. The fourth-order valence-corrected chi connectivity index (χ4v) is 8.16. The van der Waals surface area contributed by atoms with E-state index >= 15 is 0 Å². The average molecular weight is 796 g/mol. The molecule has 7 N–H and O–H groups in total. The number of benzene rings is 5. The second-order valence-corrected chi connectivity index (χ2v) is 16.0. The van der Waals surface area contributed by atoms with Crippen LogP contribution < -0.4 is 27.4 Å². The maximum absolute atomic E-state index is 14.7. The van der Waals surface area contributed by atoms with Gasteiger partial charge in [0, 0.05) is 30.6 Å². The predicted molar refractivity (Wildman–Crippen MR) is 233 cm³/mol. The van der Waals surface area contributed by atoms with E-state index in [2.05, 4.69) is 16.0 Å². The number of Topliss-reactive ketones (excluding diaryl/α,β-unsaturated/α-hetero) is 2. The summed E-state index contributed by atoms with van der Waals surface area (Å²) in [4.78, 5) is 69.6. The average Bonchev–Trinajstić information content (AvgIpc) is 3.25. The molecule has 10 nitrogen and oxygen atoms in total. The fourth-order valence-electron chi connectivity index (χ4n) is 8.16. The molecule has 1 heterocycles. The molecule has 10 heteroatoms. The van der Waals surface area contributed by atoms with Crippen LogP contribution in [0.2, 0.25) is 0 Å². The second-order valence-electron chi connectivity index (χ2n) is 16.0. The van der Waals surface area contributed by atoms with Crippen LogP contribution in [-0.2, 0) is 43.2 Å². The molecule has 4 atom stereocenters. The number of unbranched alkanes of at least 4 members (excludes halogenated alkanes) is 1. The van der Waals surface area contributed by atoms with Crippen LogP contribution in [0.4, 0.5) is 0 Å². The van der Waals surface area contributed by atoms with Gasteiger partial charge in [0.2, 0.25) is 17.7 Å². The molecular weight excluding hydrogens is 739 g/mol. The Morgan fingerprint density at radius 1 is 0.593 bits per heavy atom. The van der Waals surface area contributed by atoms with Gasteiger partial charge in [-0.3, -0.25) is 24.0 Å². The van der Waals surface area contributed by atoms with E-state index in [1.165, 1.54) is 0 Å². The number of carbonyl (C=O) groups is 5. The van der Waals surface area contributed by atoms with Crippen molar-refractivity contribution < 1.29 is 24.0 Å². The zero-order valence-corrected chi connectivity index (χ0v) is 33.7. The van der Waals surface area contributed by atoms with Crippen LogP contribution in [0.3, 0.4) is 0 Å². The van der Waals surface area contributed by atoms with Gasteiger partial charge in [-0.05, 0) is 103 Å². The lowest BCUT2D eigenvalue weighted by Crippen LogP contribution is -2.49. The minimum atomic E-state index is -0.969. The maximum Gasteiger partial charge on any atom is 0.224 e. The zero-order chi connectivity index (χ0) is 41.6. The van der Waals surface area contributed by atoms with Crippen molar-refractivity contribution in [3.05, 3.63) is 132 Å². The third-order valence-corrected chi connectivity index (χ3v) is 11.6. The molecule has 1 fully saturated rings. The molecule has 308 valence electrons. The summed E-state index contributed by atoms with van der Waals surface area (Å²) < 4.78 is 0. The first-order valence-corrected chi connectivity index (χ1v) is 21.0. The molecule has 59 heavy (non-hydrogen) atoms. The molecule has 6 rings (SSSR count). The summed E-state index contributed by atoms with van der Waals surface area (Å²) in [7, 11) is 0. The van der Waals surface area contributed by atoms with Gasteiger partial charge in [-0.25, -0.2) is 0 Å². The lowest BCUT2D eigenvalue weighted by atomic mass is 9.87. The van der Waals surface area contributed by atoms with Crippen LogP contribution in [0.15, 0.2) is 115 Å². The molecule has 5 aromatic rings. The van der Waals surface area contributed by atoms with E-state index in [9.17, 15) is 24.0 Å². The quantitative estimate of drug-likeness (QED) is 0.0588. The summed E-state index contributed by atoms with van der Waals surface area (Å²) in [6.45, 7) is 1.92.